The van der Waals surface area contributed by atoms with Crippen LogP contribution in [0.2, 0.25) is 0 Å². The third-order valence-electron chi connectivity index (χ3n) is 4.58. The van der Waals surface area contributed by atoms with E-state index in [0.29, 0.717) is 24.1 Å². The summed E-state index contributed by atoms with van der Waals surface area (Å²) in [6, 6.07) is 17.9. The Morgan fingerprint density at radius 1 is 1.21 bits per heavy atom. The van der Waals surface area contributed by atoms with Gasteiger partial charge in [0.25, 0.3) is 0 Å². The van der Waals surface area contributed by atoms with Gasteiger partial charge in [0.05, 0.1) is 12.3 Å². The summed E-state index contributed by atoms with van der Waals surface area (Å²) in [6.45, 7) is 2.47. The minimum absolute atomic E-state index is 0.0892. The van der Waals surface area contributed by atoms with E-state index in [1.165, 1.54) is 24.6 Å². The lowest BCUT2D eigenvalue weighted by molar-refractivity contribution is -0.115. The fourth-order valence-electron chi connectivity index (χ4n) is 3.08. The molecule has 144 valence electrons. The van der Waals surface area contributed by atoms with E-state index in [-0.39, 0.29) is 5.91 Å². The van der Waals surface area contributed by atoms with Gasteiger partial charge in [-0.05, 0) is 37.5 Å². The summed E-state index contributed by atoms with van der Waals surface area (Å²) in [5.41, 5.74) is 1.63. The van der Waals surface area contributed by atoms with Crippen molar-refractivity contribution in [3.8, 4) is 5.75 Å². The third kappa shape index (κ3) is 4.22. The minimum atomic E-state index is -0.407. The molecule has 0 saturated heterocycles. The van der Waals surface area contributed by atoms with Crippen molar-refractivity contribution in [1.82, 2.24) is 9.55 Å². The van der Waals surface area contributed by atoms with Crippen LogP contribution in [-0.2, 0) is 4.79 Å². The lowest BCUT2D eigenvalue weighted by Crippen LogP contribution is -2.20. The molecule has 5 nitrogen and oxygen atoms in total. The number of nitrogens with one attached hydrogen (secondary N) is 1. The van der Waals surface area contributed by atoms with E-state index in [2.05, 4.69) is 14.9 Å². The van der Waals surface area contributed by atoms with Crippen LogP contribution < -0.4 is 10.1 Å². The number of benzene rings is 2. The van der Waals surface area contributed by atoms with Crippen molar-refractivity contribution >= 4 is 23.4 Å². The van der Waals surface area contributed by atoms with Crippen molar-refractivity contribution < 1.29 is 9.53 Å². The van der Waals surface area contributed by atoms with E-state index >= 15 is 0 Å². The van der Waals surface area contributed by atoms with Crippen LogP contribution in [0.5, 0.6) is 5.75 Å². The molecule has 1 saturated carbocycles. The number of aromatic nitrogens is 2. The SMILES string of the molecule is CCOc1ccccc1NC(=O)C(Sc1nccn1C1CC1)c1ccccc1. The molecule has 1 aliphatic carbocycles. The average Bonchev–Trinajstić information content (AvgIpc) is 3.46. The van der Waals surface area contributed by atoms with Crippen molar-refractivity contribution in [1.29, 1.82) is 0 Å². The normalized spacial score (nSPS) is 14.5. The third-order valence-corrected chi connectivity index (χ3v) is 5.83. The van der Waals surface area contributed by atoms with Crippen molar-refractivity contribution in [2.45, 2.75) is 36.2 Å². The number of ether oxygens (including phenoxy) is 1. The number of thioether (sulfide) groups is 1. The fraction of sp³-hybridized carbons (Fsp3) is 0.273. The van der Waals surface area contributed by atoms with Gasteiger partial charge in [0.1, 0.15) is 11.0 Å². The summed E-state index contributed by atoms with van der Waals surface area (Å²) in [4.78, 5) is 17.8. The lowest BCUT2D eigenvalue weighted by atomic mass is 10.1. The Bertz CT molecular complexity index is 938. The van der Waals surface area contributed by atoms with Gasteiger partial charge in [-0.2, -0.15) is 0 Å². The molecule has 0 radical (unpaired) electrons. The summed E-state index contributed by atoms with van der Waals surface area (Å²) in [5, 5.41) is 3.52. The molecule has 1 amide bonds. The molecule has 0 aliphatic heterocycles. The van der Waals surface area contributed by atoms with Gasteiger partial charge in [0.15, 0.2) is 5.16 Å². The van der Waals surface area contributed by atoms with Crippen LogP contribution in [0.1, 0.15) is 36.6 Å². The smallest absolute Gasteiger partial charge is 0.242 e. The molecule has 1 aliphatic rings. The number of anilines is 1. The fourth-order valence-corrected chi connectivity index (χ4v) is 4.20. The predicted molar refractivity (Wildman–Crippen MR) is 112 cm³/mol. The molecular weight excluding hydrogens is 370 g/mol. The number of amides is 1. The Morgan fingerprint density at radius 3 is 2.71 bits per heavy atom. The standard InChI is InChI=1S/C22H23N3O2S/c1-2-27-19-11-7-6-10-18(19)24-21(26)20(16-8-4-3-5-9-16)28-22-23-14-15-25(22)17-12-13-17/h3-11,14-15,17,20H,2,12-13H2,1H3,(H,24,26). The number of carbonyl (C=O) groups is 1. The second-order valence-electron chi connectivity index (χ2n) is 6.68. The average molecular weight is 394 g/mol. The quantitative estimate of drug-likeness (QED) is 0.542. The van der Waals surface area contributed by atoms with E-state index in [9.17, 15) is 4.79 Å². The number of hydrogen-bond acceptors (Lipinski definition) is 4. The zero-order chi connectivity index (χ0) is 19.3. The highest BCUT2D eigenvalue weighted by molar-refractivity contribution is 8.00. The molecule has 4 rings (SSSR count). The minimum Gasteiger partial charge on any atom is -0.492 e. The topological polar surface area (TPSA) is 56.1 Å². The maximum absolute atomic E-state index is 13.3. The van der Waals surface area contributed by atoms with Crippen LogP contribution in [0.25, 0.3) is 0 Å². The van der Waals surface area contributed by atoms with E-state index in [4.69, 9.17) is 4.74 Å². The number of rotatable bonds is 8. The highest BCUT2D eigenvalue weighted by atomic mass is 32.2. The highest BCUT2D eigenvalue weighted by Gasteiger charge is 2.29. The van der Waals surface area contributed by atoms with E-state index in [0.717, 1.165) is 10.7 Å². The first-order valence-corrected chi connectivity index (χ1v) is 10.4. The Kier molecular flexibility index (Phi) is 5.67. The summed E-state index contributed by atoms with van der Waals surface area (Å²) >= 11 is 1.49. The lowest BCUT2D eigenvalue weighted by Gasteiger charge is -2.18. The van der Waals surface area contributed by atoms with Gasteiger partial charge in [-0.3, -0.25) is 4.79 Å². The molecule has 0 spiro atoms. The Morgan fingerprint density at radius 2 is 1.96 bits per heavy atom. The first kappa shape index (κ1) is 18.6. The molecule has 0 bridgehead atoms. The first-order chi connectivity index (χ1) is 13.8. The van der Waals surface area contributed by atoms with Gasteiger partial charge in [-0.1, -0.05) is 54.2 Å². The molecule has 6 heteroatoms. The summed E-state index contributed by atoms with van der Waals surface area (Å²) < 4.78 is 7.83. The van der Waals surface area contributed by atoms with E-state index < -0.39 is 5.25 Å². The number of imidazole rings is 1. The Balaban J connectivity index is 1.60. The summed E-state index contributed by atoms with van der Waals surface area (Å²) in [6.07, 6.45) is 6.16. The molecule has 2 aromatic carbocycles. The molecule has 1 heterocycles. The molecule has 28 heavy (non-hydrogen) atoms. The second-order valence-corrected chi connectivity index (χ2v) is 7.75. The Hall–Kier alpha value is -2.73. The van der Waals surface area contributed by atoms with Gasteiger partial charge in [0.2, 0.25) is 5.91 Å². The zero-order valence-corrected chi connectivity index (χ0v) is 16.6. The Labute approximate surface area is 169 Å². The van der Waals surface area contributed by atoms with Crippen molar-refractivity contribution in [3.63, 3.8) is 0 Å². The van der Waals surface area contributed by atoms with Gasteiger partial charge in [0, 0.05) is 18.4 Å². The van der Waals surface area contributed by atoms with Gasteiger partial charge < -0.3 is 14.6 Å². The van der Waals surface area contributed by atoms with Gasteiger partial charge in [-0.25, -0.2) is 4.98 Å². The van der Waals surface area contributed by atoms with Crippen molar-refractivity contribution in [2.24, 2.45) is 0 Å². The van der Waals surface area contributed by atoms with Crippen LogP contribution in [0.4, 0.5) is 5.69 Å². The summed E-state index contributed by atoms with van der Waals surface area (Å²) in [7, 11) is 0. The summed E-state index contributed by atoms with van der Waals surface area (Å²) in [5.74, 6) is 0.586. The number of nitrogens with zero attached hydrogens (tertiary/aromatic N) is 2. The molecule has 1 aromatic heterocycles. The van der Waals surface area contributed by atoms with Crippen molar-refractivity contribution in [3.05, 3.63) is 72.6 Å². The maximum Gasteiger partial charge on any atom is 0.242 e. The monoisotopic (exact) mass is 393 g/mol. The van der Waals surface area contributed by atoms with Gasteiger partial charge in [-0.15, -0.1) is 0 Å². The molecule has 1 unspecified atom stereocenters. The first-order valence-electron chi connectivity index (χ1n) is 9.53. The van der Waals surface area contributed by atoms with Crippen LogP contribution >= 0.6 is 11.8 Å². The molecule has 3 aromatic rings. The van der Waals surface area contributed by atoms with Gasteiger partial charge >= 0.3 is 0 Å². The number of hydrogen-bond donors (Lipinski definition) is 1. The maximum atomic E-state index is 13.3. The highest BCUT2D eigenvalue weighted by Crippen LogP contribution is 2.42. The van der Waals surface area contributed by atoms with Crippen molar-refractivity contribution in [2.75, 3.05) is 11.9 Å². The predicted octanol–water partition coefficient (Wildman–Crippen LogP) is 5.09. The molecule has 1 fully saturated rings. The van der Waals surface area contributed by atoms with Crippen LogP contribution in [0.15, 0.2) is 72.1 Å². The zero-order valence-electron chi connectivity index (χ0n) is 15.7. The second kappa shape index (κ2) is 8.52. The van der Waals surface area contributed by atoms with Crippen LogP contribution in [0, 0.1) is 0 Å². The largest absolute Gasteiger partial charge is 0.492 e. The molecule has 1 atom stereocenters. The van der Waals surface area contributed by atoms with E-state index in [1.807, 2.05) is 73.9 Å². The number of carbonyl (C=O) groups excluding carboxylic acids is 1. The van der Waals surface area contributed by atoms with Crippen LogP contribution in [0.3, 0.4) is 0 Å². The van der Waals surface area contributed by atoms with E-state index in [1.54, 1.807) is 0 Å². The molecular formula is C22H23N3O2S. The number of para-hydroxylation sites is 2. The molecule has 1 N–H and O–H groups in total. The van der Waals surface area contributed by atoms with Crippen LogP contribution in [-0.4, -0.2) is 22.1 Å².